The van der Waals surface area contributed by atoms with E-state index in [1.54, 1.807) is 31.5 Å². The molecule has 1 N–H and O–H groups in total. The van der Waals surface area contributed by atoms with Crippen LogP contribution in [-0.4, -0.2) is 36.8 Å². The van der Waals surface area contributed by atoms with Crippen LogP contribution in [-0.2, 0) is 4.79 Å². The maximum absolute atomic E-state index is 11.0. The number of thioether (sulfide) groups is 1. The molecular formula is C14H15N3O3S. The highest BCUT2D eigenvalue weighted by molar-refractivity contribution is 8.15. The third kappa shape index (κ3) is 4.35. The molecule has 0 radical (unpaired) electrons. The maximum atomic E-state index is 11.0. The highest BCUT2D eigenvalue weighted by Crippen LogP contribution is 2.27. The van der Waals surface area contributed by atoms with Crippen molar-refractivity contribution in [2.45, 2.75) is 0 Å². The summed E-state index contributed by atoms with van der Waals surface area (Å²) in [5.74, 6) is 1.58. The van der Waals surface area contributed by atoms with Crippen LogP contribution in [0.25, 0.3) is 0 Å². The van der Waals surface area contributed by atoms with Gasteiger partial charge in [-0.15, -0.1) is 5.10 Å². The molecule has 1 saturated heterocycles. The van der Waals surface area contributed by atoms with Crippen LogP contribution in [0.2, 0.25) is 0 Å². The Morgan fingerprint density at radius 3 is 3.00 bits per heavy atom. The summed E-state index contributed by atoms with van der Waals surface area (Å²) in [7, 11) is 1.58. The minimum absolute atomic E-state index is 0.0569. The first kappa shape index (κ1) is 15.1. The van der Waals surface area contributed by atoms with E-state index in [0.717, 1.165) is 5.56 Å². The van der Waals surface area contributed by atoms with Gasteiger partial charge in [0.05, 0.1) is 19.1 Å². The zero-order valence-corrected chi connectivity index (χ0v) is 12.4. The van der Waals surface area contributed by atoms with Crippen LogP contribution in [0.4, 0.5) is 0 Å². The average molecular weight is 305 g/mol. The van der Waals surface area contributed by atoms with Crippen molar-refractivity contribution < 1.29 is 14.3 Å². The number of nitrogens with zero attached hydrogens (tertiary/aromatic N) is 2. The molecule has 1 amide bonds. The van der Waals surface area contributed by atoms with Gasteiger partial charge in [0.15, 0.2) is 16.7 Å². The van der Waals surface area contributed by atoms with Crippen LogP contribution < -0.4 is 14.8 Å². The molecule has 0 atom stereocenters. The third-order valence-corrected chi connectivity index (χ3v) is 3.35. The van der Waals surface area contributed by atoms with Crippen molar-refractivity contribution in [3.63, 3.8) is 0 Å². The van der Waals surface area contributed by atoms with Gasteiger partial charge in [-0.1, -0.05) is 24.4 Å². The number of benzene rings is 1. The summed E-state index contributed by atoms with van der Waals surface area (Å²) >= 11 is 1.33. The number of nitrogens with one attached hydrogen (secondary N) is 1. The molecule has 1 aliphatic heterocycles. The molecule has 1 fully saturated rings. The summed E-state index contributed by atoms with van der Waals surface area (Å²) < 4.78 is 10.7. The van der Waals surface area contributed by atoms with Gasteiger partial charge < -0.3 is 14.8 Å². The molecule has 7 heteroatoms. The van der Waals surface area contributed by atoms with E-state index in [-0.39, 0.29) is 5.91 Å². The molecule has 0 unspecified atom stereocenters. The molecule has 1 heterocycles. The van der Waals surface area contributed by atoms with Gasteiger partial charge in [-0.2, -0.15) is 5.10 Å². The molecule has 2 rings (SSSR count). The van der Waals surface area contributed by atoms with Gasteiger partial charge in [-0.25, -0.2) is 0 Å². The SMILES string of the molecule is C=CCOc1cc(C=NN=C2NC(=O)CS2)ccc1OC. The molecule has 1 aliphatic rings. The number of carbonyl (C=O) groups is 1. The zero-order valence-electron chi connectivity index (χ0n) is 11.5. The van der Waals surface area contributed by atoms with Crippen molar-refractivity contribution in [2.75, 3.05) is 19.5 Å². The van der Waals surface area contributed by atoms with E-state index in [2.05, 4.69) is 22.1 Å². The summed E-state index contributed by atoms with van der Waals surface area (Å²) in [6.07, 6.45) is 3.24. The Kier molecular flexibility index (Phi) is 5.39. The monoisotopic (exact) mass is 305 g/mol. The molecule has 110 valence electrons. The normalized spacial score (nSPS) is 16.2. The van der Waals surface area contributed by atoms with Gasteiger partial charge in [0.25, 0.3) is 0 Å². The van der Waals surface area contributed by atoms with Crippen LogP contribution in [0.5, 0.6) is 11.5 Å². The summed E-state index contributed by atoms with van der Waals surface area (Å²) in [6.45, 7) is 4.00. The number of methoxy groups -OCH3 is 1. The first-order chi connectivity index (χ1) is 10.2. The lowest BCUT2D eigenvalue weighted by molar-refractivity contribution is -0.116. The van der Waals surface area contributed by atoms with Gasteiger partial charge in [-0.05, 0) is 23.8 Å². The maximum Gasteiger partial charge on any atom is 0.236 e. The van der Waals surface area contributed by atoms with E-state index >= 15 is 0 Å². The molecule has 21 heavy (non-hydrogen) atoms. The topological polar surface area (TPSA) is 72.3 Å². The van der Waals surface area contributed by atoms with Crippen LogP contribution in [0, 0.1) is 0 Å². The Hall–Kier alpha value is -2.28. The van der Waals surface area contributed by atoms with Crippen LogP contribution in [0.3, 0.4) is 0 Å². The van der Waals surface area contributed by atoms with E-state index in [0.29, 0.717) is 29.0 Å². The summed E-state index contributed by atoms with van der Waals surface area (Å²) in [4.78, 5) is 11.0. The lowest BCUT2D eigenvalue weighted by atomic mass is 10.2. The van der Waals surface area contributed by atoms with E-state index in [1.165, 1.54) is 11.8 Å². The second-order valence-corrected chi connectivity index (χ2v) is 4.96. The molecule has 0 saturated carbocycles. The Labute approximate surface area is 126 Å². The minimum Gasteiger partial charge on any atom is -0.493 e. The number of rotatable bonds is 6. The highest BCUT2D eigenvalue weighted by atomic mass is 32.2. The fourth-order valence-electron chi connectivity index (χ4n) is 1.56. The fraction of sp³-hybridized carbons (Fsp3) is 0.214. The molecular weight excluding hydrogens is 290 g/mol. The first-order valence-electron chi connectivity index (χ1n) is 6.18. The number of hydrogen-bond acceptors (Lipinski definition) is 6. The molecule has 0 spiro atoms. The van der Waals surface area contributed by atoms with Crippen molar-refractivity contribution in [2.24, 2.45) is 10.2 Å². The van der Waals surface area contributed by atoms with Gasteiger partial charge in [0, 0.05) is 0 Å². The lowest BCUT2D eigenvalue weighted by Gasteiger charge is -2.09. The van der Waals surface area contributed by atoms with Gasteiger partial charge in [0.2, 0.25) is 5.91 Å². The van der Waals surface area contributed by atoms with Crippen molar-refractivity contribution in [1.29, 1.82) is 0 Å². The molecule has 1 aromatic rings. The van der Waals surface area contributed by atoms with E-state index in [4.69, 9.17) is 9.47 Å². The van der Waals surface area contributed by atoms with Crippen molar-refractivity contribution in [3.8, 4) is 11.5 Å². The van der Waals surface area contributed by atoms with Crippen molar-refractivity contribution >= 4 is 29.1 Å². The number of hydrogen-bond donors (Lipinski definition) is 1. The largest absolute Gasteiger partial charge is 0.493 e. The van der Waals surface area contributed by atoms with Crippen molar-refractivity contribution in [1.82, 2.24) is 5.32 Å². The van der Waals surface area contributed by atoms with E-state index in [9.17, 15) is 4.79 Å². The molecule has 1 aromatic carbocycles. The Morgan fingerprint density at radius 1 is 1.48 bits per heavy atom. The second kappa shape index (κ2) is 7.49. The van der Waals surface area contributed by atoms with E-state index < -0.39 is 0 Å². The molecule has 0 bridgehead atoms. The van der Waals surface area contributed by atoms with Crippen molar-refractivity contribution in [3.05, 3.63) is 36.4 Å². The molecule has 0 aromatic heterocycles. The summed E-state index contributed by atoms with van der Waals surface area (Å²) in [6, 6.07) is 5.43. The zero-order chi connectivity index (χ0) is 15.1. The Morgan fingerprint density at radius 2 is 2.33 bits per heavy atom. The lowest BCUT2D eigenvalue weighted by Crippen LogP contribution is -2.19. The standard InChI is InChI=1S/C14H15N3O3S/c1-3-6-20-12-7-10(4-5-11(12)19-2)8-15-17-14-16-13(18)9-21-14/h3-5,7-8H,1,6,9H2,2H3,(H,16,17,18). The Bertz CT molecular complexity index is 599. The van der Waals surface area contributed by atoms with Gasteiger partial charge in [-0.3, -0.25) is 4.79 Å². The van der Waals surface area contributed by atoms with Crippen LogP contribution in [0.15, 0.2) is 41.1 Å². The van der Waals surface area contributed by atoms with Crippen LogP contribution >= 0.6 is 11.8 Å². The average Bonchev–Trinajstić information content (AvgIpc) is 2.91. The third-order valence-electron chi connectivity index (χ3n) is 2.49. The predicted molar refractivity (Wildman–Crippen MR) is 84.3 cm³/mol. The highest BCUT2D eigenvalue weighted by Gasteiger charge is 2.15. The number of ether oxygens (including phenoxy) is 2. The Balaban J connectivity index is 2.09. The quantitative estimate of drug-likeness (QED) is 0.494. The minimum atomic E-state index is -0.0569. The first-order valence-corrected chi connectivity index (χ1v) is 7.17. The predicted octanol–water partition coefficient (Wildman–Crippen LogP) is 1.81. The number of amidine groups is 1. The molecule has 6 nitrogen and oxygen atoms in total. The summed E-state index contributed by atoms with van der Waals surface area (Å²) in [5, 5.41) is 11.0. The molecule has 0 aliphatic carbocycles. The van der Waals surface area contributed by atoms with Gasteiger partial charge >= 0.3 is 0 Å². The van der Waals surface area contributed by atoms with Gasteiger partial charge in [0.1, 0.15) is 6.61 Å². The fourth-order valence-corrected chi connectivity index (χ4v) is 2.19. The number of amides is 1. The smallest absolute Gasteiger partial charge is 0.236 e. The second-order valence-electron chi connectivity index (χ2n) is 4.00. The van der Waals surface area contributed by atoms with E-state index in [1.807, 2.05) is 6.07 Å². The van der Waals surface area contributed by atoms with Crippen LogP contribution in [0.1, 0.15) is 5.56 Å². The number of carbonyl (C=O) groups excluding carboxylic acids is 1. The summed E-state index contributed by atoms with van der Waals surface area (Å²) in [5.41, 5.74) is 0.813.